The van der Waals surface area contributed by atoms with Crippen molar-refractivity contribution in [1.29, 1.82) is 0 Å². The number of thioether (sulfide) groups is 1. The Morgan fingerprint density at radius 2 is 2.10 bits per heavy atom. The number of aliphatic hydroxyl groups is 1. The summed E-state index contributed by atoms with van der Waals surface area (Å²) >= 11 is 2.04. The molecular formula is C8H16OS. The van der Waals surface area contributed by atoms with Gasteiger partial charge in [0.2, 0.25) is 0 Å². The minimum Gasteiger partial charge on any atom is -0.396 e. The van der Waals surface area contributed by atoms with Gasteiger partial charge in [-0.25, -0.2) is 0 Å². The lowest BCUT2D eigenvalue weighted by atomic mass is 9.90. The molecule has 1 atom stereocenters. The van der Waals surface area contributed by atoms with Crippen molar-refractivity contribution < 1.29 is 5.11 Å². The first-order chi connectivity index (χ1) is 4.84. The van der Waals surface area contributed by atoms with Crippen LogP contribution in [-0.2, 0) is 0 Å². The van der Waals surface area contributed by atoms with Gasteiger partial charge in [0.05, 0.1) is 0 Å². The predicted molar refractivity (Wildman–Crippen MR) is 46.3 cm³/mol. The van der Waals surface area contributed by atoms with Crippen LogP contribution in [0.2, 0.25) is 0 Å². The lowest BCUT2D eigenvalue weighted by Crippen LogP contribution is -2.20. The lowest BCUT2D eigenvalue weighted by molar-refractivity contribution is 0.182. The monoisotopic (exact) mass is 160 g/mol. The molecule has 1 N–H and O–H groups in total. The zero-order chi connectivity index (χ0) is 7.40. The summed E-state index contributed by atoms with van der Waals surface area (Å²) in [5, 5.41) is 8.88. The van der Waals surface area contributed by atoms with Crippen LogP contribution in [0.5, 0.6) is 0 Å². The van der Waals surface area contributed by atoms with Crippen molar-refractivity contribution in [3.63, 3.8) is 0 Å². The van der Waals surface area contributed by atoms with Crippen LogP contribution in [0.25, 0.3) is 0 Å². The molecule has 1 unspecified atom stereocenters. The fourth-order valence-electron chi connectivity index (χ4n) is 1.43. The van der Waals surface area contributed by atoms with Gasteiger partial charge in [-0.2, -0.15) is 11.8 Å². The Morgan fingerprint density at radius 1 is 1.50 bits per heavy atom. The van der Waals surface area contributed by atoms with E-state index in [2.05, 4.69) is 6.92 Å². The fourth-order valence-corrected chi connectivity index (χ4v) is 2.58. The number of rotatable bonds is 2. The van der Waals surface area contributed by atoms with Gasteiger partial charge in [-0.15, -0.1) is 0 Å². The van der Waals surface area contributed by atoms with Crippen molar-refractivity contribution in [3.8, 4) is 0 Å². The first kappa shape index (κ1) is 8.41. The highest BCUT2D eigenvalue weighted by Crippen LogP contribution is 2.28. The smallest absolute Gasteiger partial charge is 0.0459 e. The maximum absolute atomic E-state index is 8.88. The third-order valence-corrected chi connectivity index (χ3v) is 3.41. The molecule has 0 bridgehead atoms. The zero-order valence-corrected chi connectivity index (χ0v) is 7.36. The lowest BCUT2D eigenvalue weighted by Gasteiger charge is -2.25. The van der Waals surface area contributed by atoms with Gasteiger partial charge in [-0.05, 0) is 36.2 Å². The van der Waals surface area contributed by atoms with Crippen LogP contribution in [-0.4, -0.2) is 23.2 Å². The minimum absolute atomic E-state index is 0.370. The first-order valence-corrected chi connectivity index (χ1v) is 5.18. The van der Waals surface area contributed by atoms with Gasteiger partial charge in [0.1, 0.15) is 0 Å². The molecule has 60 valence electrons. The average Bonchev–Trinajstić information content (AvgIpc) is 2.05. The van der Waals surface area contributed by atoms with Crippen LogP contribution in [0, 0.1) is 11.8 Å². The van der Waals surface area contributed by atoms with Gasteiger partial charge in [0, 0.05) is 6.61 Å². The third-order valence-electron chi connectivity index (χ3n) is 2.36. The highest BCUT2D eigenvalue weighted by molar-refractivity contribution is 7.99. The second-order valence-corrected chi connectivity index (χ2v) is 4.33. The SMILES string of the molecule is CC(CO)C1CCSCC1. The molecule has 1 heterocycles. The van der Waals surface area contributed by atoms with Crippen molar-refractivity contribution in [1.82, 2.24) is 0 Å². The molecular weight excluding hydrogens is 144 g/mol. The maximum Gasteiger partial charge on any atom is 0.0459 e. The van der Waals surface area contributed by atoms with E-state index in [4.69, 9.17) is 5.11 Å². The molecule has 1 fully saturated rings. The molecule has 0 aromatic heterocycles. The van der Waals surface area contributed by atoms with Crippen molar-refractivity contribution in [2.45, 2.75) is 19.8 Å². The average molecular weight is 160 g/mol. The van der Waals surface area contributed by atoms with E-state index in [-0.39, 0.29) is 0 Å². The third kappa shape index (κ3) is 2.17. The van der Waals surface area contributed by atoms with E-state index < -0.39 is 0 Å². The maximum atomic E-state index is 8.88. The Balaban J connectivity index is 2.24. The van der Waals surface area contributed by atoms with Crippen molar-refractivity contribution in [2.75, 3.05) is 18.1 Å². The van der Waals surface area contributed by atoms with Gasteiger partial charge in [0.25, 0.3) is 0 Å². The van der Waals surface area contributed by atoms with E-state index >= 15 is 0 Å². The van der Waals surface area contributed by atoms with Gasteiger partial charge in [-0.1, -0.05) is 6.92 Å². The Bertz CT molecular complexity index is 89.3. The second-order valence-electron chi connectivity index (χ2n) is 3.11. The summed E-state index contributed by atoms with van der Waals surface area (Å²) < 4.78 is 0. The van der Waals surface area contributed by atoms with Crippen molar-refractivity contribution in [2.24, 2.45) is 11.8 Å². The van der Waals surface area contributed by atoms with E-state index in [1.807, 2.05) is 11.8 Å². The standard InChI is InChI=1S/C8H16OS/c1-7(6-9)8-2-4-10-5-3-8/h7-9H,2-6H2,1H3. The van der Waals surface area contributed by atoms with E-state index in [0.29, 0.717) is 12.5 Å². The van der Waals surface area contributed by atoms with Crippen LogP contribution < -0.4 is 0 Å². The normalized spacial score (nSPS) is 24.6. The zero-order valence-electron chi connectivity index (χ0n) is 6.55. The van der Waals surface area contributed by atoms with Crippen molar-refractivity contribution >= 4 is 11.8 Å². The first-order valence-electron chi connectivity index (χ1n) is 4.03. The van der Waals surface area contributed by atoms with E-state index in [1.165, 1.54) is 24.3 Å². The molecule has 10 heavy (non-hydrogen) atoms. The molecule has 1 rings (SSSR count). The highest BCUT2D eigenvalue weighted by Gasteiger charge is 2.18. The Morgan fingerprint density at radius 3 is 2.60 bits per heavy atom. The minimum atomic E-state index is 0.370. The summed E-state index contributed by atoms with van der Waals surface area (Å²) in [5.74, 6) is 3.93. The number of hydrogen-bond donors (Lipinski definition) is 1. The molecule has 0 saturated carbocycles. The summed E-state index contributed by atoms with van der Waals surface area (Å²) in [7, 11) is 0. The summed E-state index contributed by atoms with van der Waals surface area (Å²) in [4.78, 5) is 0. The van der Waals surface area contributed by atoms with Crippen molar-refractivity contribution in [3.05, 3.63) is 0 Å². The van der Waals surface area contributed by atoms with Gasteiger partial charge in [0.15, 0.2) is 0 Å². The molecule has 1 aliphatic heterocycles. The molecule has 0 aromatic rings. The molecule has 0 amide bonds. The molecule has 1 saturated heterocycles. The quantitative estimate of drug-likeness (QED) is 0.664. The van der Waals surface area contributed by atoms with Crippen LogP contribution in [0.3, 0.4) is 0 Å². The van der Waals surface area contributed by atoms with E-state index in [9.17, 15) is 0 Å². The Kier molecular flexibility index (Phi) is 3.57. The molecule has 1 nitrogen and oxygen atoms in total. The van der Waals surface area contributed by atoms with E-state index in [0.717, 1.165) is 5.92 Å². The number of aliphatic hydroxyl groups excluding tert-OH is 1. The topological polar surface area (TPSA) is 20.2 Å². The fraction of sp³-hybridized carbons (Fsp3) is 1.00. The molecule has 0 aromatic carbocycles. The highest BCUT2D eigenvalue weighted by atomic mass is 32.2. The molecule has 0 spiro atoms. The molecule has 2 heteroatoms. The van der Waals surface area contributed by atoms with Crippen LogP contribution in [0.1, 0.15) is 19.8 Å². The second kappa shape index (κ2) is 4.24. The summed E-state index contributed by atoms with van der Waals surface area (Å²) in [5.41, 5.74) is 0. The Labute approximate surface area is 67.2 Å². The van der Waals surface area contributed by atoms with Crippen LogP contribution in [0.15, 0.2) is 0 Å². The van der Waals surface area contributed by atoms with Gasteiger partial charge >= 0.3 is 0 Å². The summed E-state index contributed by atoms with van der Waals surface area (Å²) in [6, 6.07) is 0. The molecule has 1 aliphatic rings. The largest absolute Gasteiger partial charge is 0.396 e. The molecule has 0 aliphatic carbocycles. The van der Waals surface area contributed by atoms with E-state index in [1.54, 1.807) is 0 Å². The van der Waals surface area contributed by atoms with Gasteiger partial charge < -0.3 is 5.11 Å². The van der Waals surface area contributed by atoms with Gasteiger partial charge in [-0.3, -0.25) is 0 Å². The number of hydrogen-bond acceptors (Lipinski definition) is 2. The predicted octanol–water partition coefficient (Wildman–Crippen LogP) is 1.76. The van der Waals surface area contributed by atoms with Crippen LogP contribution >= 0.6 is 11.8 Å². The summed E-state index contributed by atoms with van der Waals surface area (Å²) in [6.07, 6.45) is 2.62. The van der Waals surface area contributed by atoms with Crippen LogP contribution in [0.4, 0.5) is 0 Å². The molecule has 0 radical (unpaired) electrons. The Hall–Kier alpha value is 0.310. The summed E-state index contributed by atoms with van der Waals surface area (Å²) in [6.45, 7) is 2.52.